The van der Waals surface area contributed by atoms with Crippen molar-refractivity contribution >= 4 is 33.4 Å². The number of nitrogens with zero attached hydrogens (tertiary/aromatic N) is 2. The number of carbonyl (C=O) groups excluding carboxylic acids is 2. The number of amides is 1. The molecule has 1 amide bonds. The lowest BCUT2D eigenvalue weighted by Gasteiger charge is -2.31. The fourth-order valence-corrected chi connectivity index (χ4v) is 4.98. The molecule has 1 fully saturated rings. The maximum absolute atomic E-state index is 13.4. The van der Waals surface area contributed by atoms with Crippen LogP contribution >= 0.6 is 11.3 Å². The SMILES string of the molecule is CCOC(=O)[C@@H]1CCCN(C(=O)c2cc3ccsc3n2Cc2cccc(C)c2)C1. The van der Waals surface area contributed by atoms with Crippen LogP contribution in [-0.2, 0) is 16.1 Å². The molecule has 1 aromatic carbocycles. The smallest absolute Gasteiger partial charge is 0.310 e. The van der Waals surface area contributed by atoms with E-state index in [1.807, 2.05) is 17.9 Å². The number of hydrogen-bond donors (Lipinski definition) is 0. The summed E-state index contributed by atoms with van der Waals surface area (Å²) in [6, 6.07) is 12.4. The van der Waals surface area contributed by atoms with E-state index in [2.05, 4.69) is 47.2 Å². The van der Waals surface area contributed by atoms with Gasteiger partial charge in [-0.05, 0) is 49.8 Å². The number of benzene rings is 1. The van der Waals surface area contributed by atoms with Gasteiger partial charge in [0.05, 0.1) is 12.5 Å². The number of likely N-dealkylation sites (tertiary alicyclic amines) is 1. The summed E-state index contributed by atoms with van der Waals surface area (Å²) in [7, 11) is 0. The van der Waals surface area contributed by atoms with Gasteiger partial charge in [-0.15, -0.1) is 11.3 Å². The lowest BCUT2D eigenvalue weighted by Crippen LogP contribution is -2.43. The Hall–Kier alpha value is -2.60. The largest absolute Gasteiger partial charge is 0.466 e. The zero-order valence-corrected chi connectivity index (χ0v) is 17.7. The van der Waals surface area contributed by atoms with E-state index in [-0.39, 0.29) is 17.8 Å². The first-order valence-electron chi connectivity index (χ1n) is 10.1. The number of ether oxygens (including phenoxy) is 1. The molecule has 3 aromatic rings. The second-order valence-corrected chi connectivity index (χ2v) is 8.52. The Bertz CT molecular complexity index is 1040. The van der Waals surface area contributed by atoms with Gasteiger partial charge in [-0.25, -0.2) is 0 Å². The number of esters is 1. The molecule has 6 heteroatoms. The molecule has 1 aliphatic rings. The van der Waals surface area contributed by atoms with Gasteiger partial charge in [0.25, 0.3) is 5.91 Å². The Labute approximate surface area is 174 Å². The maximum Gasteiger partial charge on any atom is 0.310 e. The number of rotatable bonds is 5. The second-order valence-electron chi connectivity index (χ2n) is 7.63. The van der Waals surface area contributed by atoms with E-state index in [4.69, 9.17) is 4.74 Å². The lowest BCUT2D eigenvalue weighted by molar-refractivity contribution is -0.149. The Morgan fingerprint density at radius 3 is 2.90 bits per heavy atom. The minimum Gasteiger partial charge on any atom is -0.466 e. The highest BCUT2D eigenvalue weighted by molar-refractivity contribution is 7.16. The number of thiophene rings is 1. The van der Waals surface area contributed by atoms with Crippen molar-refractivity contribution in [3.63, 3.8) is 0 Å². The first kappa shape index (κ1) is 19.7. The van der Waals surface area contributed by atoms with E-state index in [0.29, 0.717) is 31.9 Å². The molecule has 5 nitrogen and oxygen atoms in total. The van der Waals surface area contributed by atoms with Gasteiger partial charge in [0, 0.05) is 25.0 Å². The van der Waals surface area contributed by atoms with Crippen LogP contribution in [0.4, 0.5) is 0 Å². The van der Waals surface area contributed by atoms with Crippen molar-refractivity contribution in [3.8, 4) is 0 Å². The number of hydrogen-bond acceptors (Lipinski definition) is 4. The molecule has 29 heavy (non-hydrogen) atoms. The van der Waals surface area contributed by atoms with Gasteiger partial charge in [0.2, 0.25) is 0 Å². The molecule has 0 radical (unpaired) electrons. The van der Waals surface area contributed by atoms with Crippen LogP contribution in [0.5, 0.6) is 0 Å². The zero-order valence-electron chi connectivity index (χ0n) is 16.9. The number of fused-ring (bicyclic) bond motifs is 1. The fourth-order valence-electron chi connectivity index (χ4n) is 4.08. The Kier molecular flexibility index (Phi) is 5.72. The number of carbonyl (C=O) groups is 2. The highest BCUT2D eigenvalue weighted by Crippen LogP contribution is 2.28. The molecule has 0 spiro atoms. The fraction of sp³-hybridized carbons (Fsp3) is 0.391. The molecular formula is C23H26N2O3S. The summed E-state index contributed by atoms with van der Waals surface area (Å²) in [6.07, 6.45) is 1.60. The van der Waals surface area contributed by atoms with E-state index in [1.54, 1.807) is 11.3 Å². The molecule has 0 saturated carbocycles. The summed E-state index contributed by atoms with van der Waals surface area (Å²) in [5.74, 6) is -0.426. The standard InChI is InChI=1S/C23H26N2O3S/c1-3-28-23(27)19-8-5-10-24(15-19)21(26)20-13-18-9-11-29-22(18)25(20)14-17-7-4-6-16(2)12-17/h4,6-7,9,11-13,19H,3,5,8,10,14-15H2,1-2H3/t19-/m1/s1. The van der Waals surface area contributed by atoms with Crippen LogP contribution in [0.15, 0.2) is 41.8 Å². The van der Waals surface area contributed by atoms with Gasteiger partial charge in [-0.1, -0.05) is 29.8 Å². The monoisotopic (exact) mass is 410 g/mol. The van der Waals surface area contributed by atoms with E-state index < -0.39 is 0 Å². The first-order valence-corrected chi connectivity index (χ1v) is 11.0. The molecule has 152 valence electrons. The lowest BCUT2D eigenvalue weighted by atomic mass is 9.98. The van der Waals surface area contributed by atoms with Crippen molar-refractivity contribution < 1.29 is 14.3 Å². The third-order valence-corrected chi connectivity index (χ3v) is 6.42. The highest BCUT2D eigenvalue weighted by atomic mass is 32.1. The third-order valence-electron chi connectivity index (χ3n) is 5.47. The first-order chi connectivity index (χ1) is 14.1. The molecule has 0 unspecified atom stereocenters. The predicted octanol–water partition coefficient (Wildman–Crippen LogP) is 4.47. The van der Waals surface area contributed by atoms with Crippen LogP contribution in [0, 0.1) is 12.8 Å². The van der Waals surface area contributed by atoms with Gasteiger partial charge in [0.1, 0.15) is 10.5 Å². The predicted molar refractivity (Wildman–Crippen MR) is 115 cm³/mol. The molecule has 3 heterocycles. The topological polar surface area (TPSA) is 51.5 Å². The number of piperidine rings is 1. The average Bonchev–Trinajstić information content (AvgIpc) is 3.30. The molecule has 1 saturated heterocycles. The normalized spacial score (nSPS) is 16.9. The Morgan fingerprint density at radius 2 is 2.10 bits per heavy atom. The van der Waals surface area contributed by atoms with Crippen LogP contribution in [0.1, 0.15) is 41.4 Å². The molecule has 0 bridgehead atoms. The highest BCUT2D eigenvalue weighted by Gasteiger charge is 2.31. The average molecular weight is 411 g/mol. The van der Waals surface area contributed by atoms with E-state index in [9.17, 15) is 9.59 Å². The summed E-state index contributed by atoms with van der Waals surface area (Å²) in [4.78, 5) is 28.5. The molecule has 4 rings (SSSR count). The van der Waals surface area contributed by atoms with Crippen molar-refractivity contribution in [2.75, 3.05) is 19.7 Å². The van der Waals surface area contributed by atoms with Gasteiger partial charge in [0.15, 0.2) is 0 Å². The van der Waals surface area contributed by atoms with Crippen molar-refractivity contribution in [3.05, 3.63) is 58.6 Å². The molecule has 0 N–H and O–H groups in total. The Morgan fingerprint density at radius 1 is 1.24 bits per heavy atom. The third kappa shape index (κ3) is 4.08. The van der Waals surface area contributed by atoms with Crippen LogP contribution in [0.2, 0.25) is 0 Å². The number of aryl methyl sites for hydroxylation is 1. The number of aromatic nitrogens is 1. The van der Waals surface area contributed by atoms with Crippen LogP contribution in [0.3, 0.4) is 0 Å². The maximum atomic E-state index is 13.4. The molecule has 2 aromatic heterocycles. The van der Waals surface area contributed by atoms with Crippen molar-refractivity contribution in [1.82, 2.24) is 9.47 Å². The van der Waals surface area contributed by atoms with Gasteiger partial charge >= 0.3 is 5.97 Å². The molecule has 1 aliphatic heterocycles. The minimum atomic E-state index is -0.228. The minimum absolute atomic E-state index is 0.00458. The van der Waals surface area contributed by atoms with E-state index in [0.717, 1.165) is 23.1 Å². The summed E-state index contributed by atoms with van der Waals surface area (Å²) in [6.45, 7) is 6.03. The summed E-state index contributed by atoms with van der Waals surface area (Å²) in [5.41, 5.74) is 3.07. The van der Waals surface area contributed by atoms with Crippen molar-refractivity contribution in [2.45, 2.75) is 33.2 Å². The van der Waals surface area contributed by atoms with Crippen LogP contribution in [-0.4, -0.2) is 41.0 Å². The molecule has 0 aliphatic carbocycles. The molecule has 1 atom stereocenters. The van der Waals surface area contributed by atoms with Crippen LogP contribution < -0.4 is 0 Å². The van der Waals surface area contributed by atoms with Crippen LogP contribution in [0.25, 0.3) is 10.2 Å². The van der Waals surface area contributed by atoms with E-state index in [1.165, 1.54) is 11.1 Å². The summed E-state index contributed by atoms with van der Waals surface area (Å²) in [5, 5.41) is 3.15. The zero-order chi connectivity index (χ0) is 20.4. The Balaban J connectivity index is 1.62. The summed E-state index contributed by atoms with van der Waals surface area (Å²) >= 11 is 1.65. The quantitative estimate of drug-likeness (QED) is 0.583. The van der Waals surface area contributed by atoms with Gasteiger partial charge in [-0.3, -0.25) is 9.59 Å². The second kappa shape index (κ2) is 8.41. The summed E-state index contributed by atoms with van der Waals surface area (Å²) < 4.78 is 7.30. The van der Waals surface area contributed by atoms with E-state index >= 15 is 0 Å². The molecular weight excluding hydrogens is 384 g/mol. The van der Waals surface area contributed by atoms with Gasteiger partial charge < -0.3 is 14.2 Å². The van der Waals surface area contributed by atoms with Crippen molar-refractivity contribution in [2.24, 2.45) is 5.92 Å². The van der Waals surface area contributed by atoms with Crippen molar-refractivity contribution in [1.29, 1.82) is 0 Å². The van der Waals surface area contributed by atoms with Gasteiger partial charge in [-0.2, -0.15) is 0 Å².